The average Bonchev–Trinajstić information content (AvgIpc) is 3.12. The van der Waals surface area contributed by atoms with Crippen LogP contribution in [0.25, 0.3) is 0 Å². The summed E-state index contributed by atoms with van der Waals surface area (Å²) in [5.74, 6) is -1.69. The van der Waals surface area contributed by atoms with Gasteiger partial charge in [-0.15, -0.1) is 0 Å². The number of nitrogens with one attached hydrogen (secondary N) is 1. The summed E-state index contributed by atoms with van der Waals surface area (Å²) in [6.07, 6.45) is 2.93. The highest BCUT2D eigenvalue weighted by Crippen LogP contribution is 2.38. The Balaban J connectivity index is 1.94. The number of ether oxygens (including phenoxy) is 2. The molecule has 1 amide bonds. The third-order valence-electron chi connectivity index (χ3n) is 4.98. The van der Waals surface area contributed by atoms with E-state index in [1.165, 1.54) is 0 Å². The smallest absolute Gasteiger partial charge is 0.307 e. The molecule has 0 radical (unpaired) electrons. The molecule has 2 fully saturated rings. The zero-order valence-electron chi connectivity index (χ0n) is 12.8. The lowest BCUT2D eigenvalue weighted by atomic mass is 9.94. The van der Waals surface area contributed by atoms with E-state index in [-0.39, 0.29) is 5.91 Å². The molecule has 0 aromatic rings. The molecule has 21 heavy (non-hydrogen) atoms. The fourth-order valence-electron chi connectivity index (χ4n) is 3.38. The van der Waals surface area contributed by atoms with Crippen LogP contribution in [0.3, 0.4) is 0 Å². The van der Waals surface area contributed by atoms with Gasteiger partial charge in [-0.3, -0.25) is 9.59 Å². The Hall–Kier alpha value is -1.14. The normalized spacial score (nSPS) is 35.8. The van der Waals surface area contributed by atoms with Gasteiger partial charge < -0.3 is 19.9 Å². The zero-order chi connectivity index (χ0) is 15.5. The van der Waals surface area contributed by atoms with Crippen LogP contribution in [0.2, 0.25) is 0 Å². The maximum atomic E-state index is 12.4. The van der Waals surface area contributed by atoms with Crippen molar-refractivity contribution >= 4 is 11.9 Å². The minimum Gasteiger partial charge on any atom is -0.481 e. The van der Waals surface area contributed by atoms with E-state index in [2.05, 4.69) is 5.32 Å². The van der Waals surface area contributed by atoms with Crippen molar-refractivity contribution in [2.45, 2.75) is 38.2 Å². The Kier molecular flexibility index (Phi) is 5.22. The van der Waals surface area contributed by atoms with Crippen molar-refractivity contribution in [3.8, 4) is 0 Å². The van der Waals surface area contributed by atoms with Crippen molar-refractivity contribution in [1.82, 2.24) is 5.32 Å². The molecule has 2 aliphatic rings. The predicted molar refractivity (Wildman–Crippen MR) is 75.8 cm³/mol. The summed E-state index contributed by atoms with van der Waals surface area (Å²) in [7, 11) is 1.61. The van der Waals surface area contributed by atoms with Gasteiger partial charge in [0.1, 0.15) is 5.60 Å². The lowest BCUT2D eigenvalue weighted by molar-refractivity contribution is -0.146. The van der Waals surface area contributed by atoms with Crippen LogP contribution in [-0.4, -0.2) is 49.5 Å². The van der Waals surface area contributed by atoms with Gasteiger partial charge in [-0.1, -0.05) is 13.3 Å². The van der Waals surface area contributed by atoms with Gasteiger partial charge in [0.15, 0.2) is 0 Å². The summed E-state index contributed by atoms with van der Waals surface area (Å²) in [6.45, 7) is 3.51. The number of hydrogen-bond acceptors (Lipinski definition) is 4. The molecular weight excluding hydrogens is 274 g/mol. The van der Waals surface area contributed by atoms with Crippen LogP contribution < -0.4 is 5.32 Å². The molecule has 2 unspecified atom stereocenters. The third-order valence-corrected chi connectivity index (χ3v) is 4.98. The van der Waals surface area contributed by atoms with E-state index >= 15 is 0 Å². The minimum atomic E-state index is -0.864. The second-order valence-electron chi connectivity index (χ2n) is 6.20. The standard InChI is InChI=1S/C15H25NO5/c1-3-10-6-11(12(7-10)14(18)19)13(17)16-8-15(20-2)4-5-21-9-15/h10-12H,3-9H2,1-2H3,(H,16,17)(H,18,19)/t10?,11-,12+,15?/m0/s1. The van der Waals surface area contributed by atoms with Gasteiger partial charge in [0.25, 0.3) is 0 Å². The molecule has 2 rings (SSSR count). The first-order valence-corrected chi connectivity index (χ1v) is 7.64. The Morgan fingerprint density at radius 3 is 2.62 bits per heavy atom. The molecule has 1 saturated heterocycles. The molecule has 0 aromatic heterocycles. The first kappa shape index (κ1) is 16.2. The van der Waals surface area contributed by atoms with Crippen molar-refractivity contribution in [3.63, 3.8) is 0 Å². The van der Waals surface area contributed by atoms with Crippen LogP contribution in [0, 0.1) is 17.8 Å². The number of methoxy groups -OCH3 is 1. The summed E-state index contributed by atoms with van der Waals surface area (Å²) in [5, 5.41) is 12.2. The molecule has 2 N–H and O–H groups in total. The molecule has 6 heteroatoms. The fourth-order valence-corrected chi connectivity index (χ4v) is 3.38. The van der Waals surface area contributed by atoms with E-state index in [1.54, 1.807) is 7.11 Å². The quantitative estimate of drug-likeness (QED) is 0.765. The van der Waals surface area contributed by atoms with Gasteiger partial charge in [-0.05, 0) is 18.8 Å². The first-order chi connectivity index (χ1) is 10.0. The van der Waals surface area contributed by atoms with Crippen molar-refractivity contribution in [3.05, 3.63) is 0 Å². The largest absolute Gasteiger partial charge is 0.481 e. The van der Waals surface area contributed by atoms with Crippen molar-refractivity contribution < 1.29 is 24.2 Å². The highest BCUT2D eigenvalue weighted by Gasteiger charge is 2.43. The zero-order valence-corrected chi connectivity index (χ0v) is 12.8. The second kappa shape index (κ2) is 6.75. The number of hydrogen-bond donors (Lipinski definition) is 2. The highest BCUT2D eigenvalue weighted by molar-refractivity contribution is 5.85. The summed E-state index contributed by atoms with van der Waals surface area (Å²) in [4.78, 5) is 23.7. The van der Waals surface area contributed by atoms with E-state index in [1.807, 2.05) is 6.92 Å². The predicted octanol–water partition coefficient (Wildman–Crippen LogP) is 1.05. The minimum absolute atomic E-state index is 0.165. The van der Waals surface area contributed by atoms with Gasteiger partial charge in [-0.25, -0.2) is 0 Å². The van der Waals surface area contributed by atoms with Gasteiger partial charge in [0, 0.05) is 26.7 Å². The third kappa shape index (κ3) is 3.55. The summed E-state index contributed by atoms with van der Waals surface area (Å²) >= 11 is 0. The van der Waals surface area contributed by atoms with E-state index < -0.39 is 23.4 Å². The monoisotopic (exact) mass is 299 g/mol. The maximum absolute atomic E-state index is 12.4. The number of carbonyl (C=O) groups excluding carboxylic acids is 1. The molecular formula is C15H25NO5. The molecule has 1 aliphatic heterocycles. The Morgan fingerprint density at radius 2 is 2.10 bits per heavy atom. The molecule has 1 heterocycles. The summed E-state index contributed by atoms with van der Waals surface area (Å²) in [6, 6.07) is 0. The Bertz CT molecular complexity index is 392. The van der Waals surface area contributed by atoms with Crippen LogP contribution >= 0.6 is 0 Å². The molecule has 0 aromatic carbocycles. The molecule has 0 bridgehead atoms. The Morgan fingerprint density at radius 1 is 1.38 bits per heavy atom. The van der Waals surface area contributed by atoms with Crippen molar-refractivity contribution in [1.29, 1.82) is 0 Å². The highest BCUT2D eigenvalue weighted by atomic mass is 16.5. The summed E-state index contributed by atoms with van der Waals surface area (Å²) < 4.78 is 10.8. The second-order valence-corrected chi connectivity index (χ2v) is 6.20. The van der Waals surface area contributed by atoms with Crippen molar-refractivity contribution in [2.75, 3.05) is 26.9 Å². The van der Waals surface area contributed by atoms with Crippen LogP contribution in [0.4, 0.5) is 0 Å². The lowest BCUT2D eigenvalue weighted by Crippen LogP contribution is -2.47. The van der Waals surface area contributed by atoms with Crippen LogP contribution in [0.5, 0.6) is 0 Å². The van der Waals surface area contributed by atoms with Crippen LogP contribution in [-0.2, 0) is 19.1 Å². The van der Waals surface area contributed by atoms with Crippen molar-refractivity contribution in [2.24, 2.45) is 17.8 Å². The lowest BCUT2D eigenvalue weighted by Gasteiger charge is -2.27. The van der Waals surface area contributed by atoms with Gasteiger partial charge in [0.05, 0.1) is 18.4 Å². The molecule has 1 aliphatic carbocycles. The number of carboxylic acid groups (broad SMARTS) is 1. The topological polar surface area (TPSA) is 84.9 Å². The van der Waals surface area contributed by atoms with E-state index in [4.69, 9.17) is 9.47 Å². The molecule has 6 nitrogen and oxygen atoms in total. The number of carboxylic acids is 1. The van der Waals surface area contributed by atoms with E-state index in [0.717, 1.165) is 12.8 Å². The number of aliphatic carboxylic acids is 1. The Labute approximate surface area is 125 Å². The number of rotatable bonds is 6. The fraction of sp³-hybridized carbons (Fsp3) is 0.867. The van der Waals surface area contributed by atoms with Gasteiger partial charge in [0.2, 0.25) is 5.91 Å². The van der Waals surface area contributed by atoms with E-state index in [9.17, 15) is 14.7 Å². The molecule has 1 saturated carbocycles. The summed E-state index contributed by atoms with van der Waals surface area (Å²) in [5.41, 5.74) is -0.461. The van der Waals surface area contributed by atoms with Gasteiger partial charge in [-0.2, -0.15) is 0 Å². The van der Waals surface area contributed by atoms with Crippen LogP contribution in [0.15, 0.2) is 0 Å². The molecule has 120 valence electrons. The maximum Gasteiger partial charge on any atom is 0.307 e. The number of amides is 1. The van der Waals surface area contributed by atoms with Crippen LogP contribution in [0.1, 0.15) is 32.6 Å². The first-order valence-electron chi connectivity index (χ1n) is 7.64. The molecule has 4 atom stereocenters. The SMILES string of the molecule is CCC1C[C@H](C(=O)NCC2(OC)CCOC2)[C@H](C(=O)O)C1. The average molecular weight is 299 g/mol. The number of carbonyl (C=O) groups is 2. The molecule has 0 spiro atoms. The van der Waals surface area contributed by atoms with E-state index in [0.29, 0.717) is 38.5 Å². The van der Waals surface area contributed by atoms with Gasteiger partial charge >= 0.3 is 5.97 Å².